The Bertz CT molecular complexity index is 759. The van der Waals surface area contributed by atoms with Gasteiger partial charge in [0.05, 0.1) is 18.3 Å². The van der Waals surface area contributed by atoms with Crippen molar-refractivity contribution >= 4 is 16.1 Å². The fraction of sp³-hybridized carbons (Fsp3) is 0.632. The van der Waals surface area contributed by atoms with E-state index >= 15 is 0 Å². The zero-order valence-electron chi connectivity index (χ0n) is 15.4. The molecule has 1 N–H and O–H groups in total. The van der Waals surface area contributed by atoms with Crippen molar-refractivity contribution in [1.29, 1.82) is 0 Å². The Hall–Kier alpha value is -1.51. The smallest absolute Gasteiger partial charge is 0.306 e. The molecule has 1 aliphatic heterocycles. The first-order valence-electron chi connectivity index (χ1n) is 9.30. The number of hydrogen-bond donors (Lipinski definition) is 1. The third kappa shape index (κ3) is 5.49. The molecule has 1 aromatic rings. The van der Waals surface area contributed by atoms with Crippen molar-refractivity contribution in [1.82, 2.24) is 4.90 Å². The molecule has 1 aromatic carbocycles. The SMILES string of the molecule is CS(=O)(=O)O[C@H]1C[C@@H](CN2CCC(c3ccc(F)cc3)CC2)[C@H](C(=O)O)C1. The number of halogens is 1. The maximum atomic E-state index is 13.1. The molecule has 1 saturated heterocycles. The Balaban J connectivity index is 1.55. The summed E-state index contributed by atoms with van der Waals surface area (Å²) < 4.78 is 40.8. The summed E-state index contributed by atoms with van der Waals surface area (Å²) in [5.74, 6) is -1.42. The van der Waals surface area contributed by atoms with Crippen molar-refractivity contribution in [3.05, 3.63) is 35.6 Å². The van der Waals surface area contributed by atoms with Crippen molar-refractivity contribution in [2.24, 2.45) is 11.8 Å². The molecule has 2 fully saturated rings. The van der Waals surface area contributed by atoms with E-state index in [1.165, 1.54) is 12.1 Å². The lowest BCUT2D eigenvalue weighted by atomic mass is 9.88. The number of carboxylic acid groups (broad SMARTS) is 1. The first-order chi connectivity index (χ1) is 12.7. The molecule has 8 heteroatoms. The average Bonchev–Trinajstić information content (AvgIpc) is 2.97. The third-order valence-corrected chi connectivity index (χ3v) is 6.32. The number of rotatable bonds is 6. The van der Waals surface area contributed by atoms with Crippen LogP contribution < -0.4 is 0 Å². The molecule has 3 rings (SSSR count). The van der Waals surface area contributed by atoms with Crippen LogP contribution in [-0.2, 0) is 19.1 Å². The van der Waals surface area contributed by atoms with Crippen LogP contribution in [0.4, 0.5) is 4.39 Å². The minimum atomic E-state index is -3.59. The largest absolute Gasteiger partial charge is 0.481 e. The molecule has 0 aromatic heterocycles. The van der Waals surface area contributed by atoms with Crippen LogP contribution >= 0.6 is 0 Å². The van der Waals surface area contributed by atoms with E-state index in [-0.39, 0.29) is 18.2 Å². The monoisotopic (exact) mass is 399 g/mol. The number of benzene rings is 1. The van der Waals surface area contributed by atoms with E-state index in [4.69, 9.17) is 4.18 Å². The highest BCUT2D eigenvalue weighted by Gasteiger charge is 2.41. The van der Waals surface area contributed by atoms with Crippen LogP contribution in [0.15, 0.2) is 24.3 Å². The highest BCUT2D eigenvalue weighted by atomic mass is 32.2. The minimum Gasteiger partial charge on any atom is -0.481 e. The van der Waals surface area contributed by atoms with Gasteiger partial charge in [0.25, 0.3) is 10.1 Å². The first kappa shape index (κ1) is 20.2. The van der Waals surface area contributed by atoms with E-state index in [1.807, 2.05) is 12.1 Å². The fourth-order valence-corrected chi connectivity index (χ4v) is 5.07. The molecule has 2 aliphatic rings. The van der Waals surface area contributed by atoms with Crippen molar-refractivity contribution in [2.75, 3.05) is 25.9 Å². The quantitative estimate of drug-likeness (QED) is 0.740. The van der Waals surface area contributed by atoms with Gasteiger partial charge in [0.1, 0.15) is 5.82 Å². The Kier molecular flexibility index (Phi) is 6.18. The van der Waals surface area contributed by atoms with Gasteiger partial charge in [-0.1, -0.05) is 12.1 Å². The van der Waals surface area contributed by atoms with Crippen LogP contribution in [0.2, 0.25) is 0 Å². The maximum Gasteiger partial charge on any atom is 0.306 e. The molecular formula is C19H26FNO5S. The van der Waals surface area contributed by atoms with Gasteiger partial charge in [0, 0.05) is 6.54 Å². The van der Waals surface area contributed by atoms with E-state index in [2.05, 4.69) is 4.90 Å². The predicted molar refractivity (Wildman–Crippen MR) is 98.4 cm³/mol. The van der Waals surface area contributed by atoms with Gasteiger partial charge in [-0.25, -0.2) is 4.39 Å². The van der Waals surface area contributed by atoms with E-state index < -0.39 is 28.1 Å². The molecule has 150 valence electrons. The highest BCUT2D eigenvalue weighted by Crippen LogP contribution is 2.37. The van der Waals surface area contributed by atoms with Crippen LogP contribution in [-0.4, -0.2) is 56.4 Å². The van der Waals surface area contributed by atoms with Crippen LogP contribution in [0.25, 0.3) is 0 Å². The number of carbonyl (C=O) groups is 1. The number of carboxylic acids is 1. The second-order valence-corrected chi connectivity index (χ2v) is 9.33. The molecule has 1 aliphatic carbocycles. The molecule has 0 unspecified atom stereocenters. The van der Waals surface area contributed by atoms with E-state index in [1.54, 1.807) is 0 Å². The summed E-state index contributed by atoms with van der Waals surface area (Å²) in [6.45, 7) is 2.34. The number of hydrogen-bond acceptors (Lipinski definition) is 5. The summed E-state index contributed by atoms with van der Waals surface area (Å²) in [5, 5.41) is 9.49. The highest BCUT2D eigenvalue weighted by molar-refractivity contribution is 7.86. The molecule has 0 spiro atoms. The Morgan fingerprint density at radius 1 is 1.22 bits per heavy atom. The lowest BCUT2D eigenvalue weighted by Crippen LogP contribution is -2.38. The summed E-state index contributed by atoms with van der Waals surface area (Å²) in [4.78, 5) is 13.8. The summed E-state index contributed by atoms with van der Waals surface area (Å²) in [7, 11) is -3.59. The Morgan fingerprint density at radius 2 is 1.85 bits per heavy atom. The summed E-state index contributed by atoms with van der Waals surface area (Å²) in [6.07, 6.45) is 3.01. The molecule has 0 amide bonds. The van der Waals surface area contributed by atoms with Gasteiger partial charge < -0.3 is 10.0 Å². The predicted octanol–water partition coefficient (Wildman–Crippen LogP) is 2.46. The second kappa shape index (κ2) is 8.24. The Labute approximate surface area is 159 Å². The first-order valence-corrected chi connectivity index (χ1v) is 11.1. The summed E-state index contributed by atoms with van der Waals surface area (Å²) in [6, 6.07) is 6.64. The van der Waals surface area contributed by atoms with E-state index in [9.17, 15) is 22.7 Å². The van der Waals surface area contributed by atoms with Gasteiger partial charge in [0.2, 0.25) is 0 Å². The fourth-order valence-electron chi connectivity index (χ4n) is 4.42. The number of nitrogens with zero attached hydrogens (tertiary/aromatic N) is 1. The van der Waals surface area contributed by atoms with Gasteiger partial charge in [0.15, 0.2) is 0 Å². The van der Waals surface area contributed by atoms with Crippen LogP contribution in [0.1, 0.15) is 37.2 Å². The second-order valence-electron chi connectivity index (χ2n) is 7.73. The van der Waals surface area contributed by atoms with Crippen molar-refractivity contribution in [2.45, 2.75) is 37.7 Å². The molecule has 1 heterocycles. The number of piperidine rings is 1. The molecule has 3 atom stereocenters. The number of aliphatic carboxylic acids is 1. The minimum absolute atomic E-state index is 0.114. The molecule has 6 nitrogen and oxygen atoms in total. The summed E-state index contributed by atoms with van der Waals surface area (Å²) >= 11 is 0. The van der Waals surface area contributed by atoms with E-state index in [0.29, 0.717) is 18.9 Å². The van der Waals surface area contributed by atoms with Crippen LogP contribution in [0.3, 0.4) is 0 Å². The molecule has 27 heavy (non-hydrogen) atoms. The van der Waals surface area contributed by atoms with Gasteiger partial charge in [-0.15, -0.1) is 0 Å². The van der Waals surface area contributed by atoms with Crippen LogP contribution in [0.5, 0.6) is 0 Å². The molecular weight excluding hydrogens is 373 g/mol. The van der Waals surface area contributed by atoms with Crippen molar-refractivity contribution in [3.8, 4) is 0 Å². The molecule has 0 bridgehead atoms. The summed E-state index contributed by atoms with van der Waals surface area (Å²) in [5.41, 5.74) is 1.14. The lowest BCUT2D eigenvalue weighted by molar-refractivity contribution is -0.143. The van der Waals surface area contributed by atoms with Crippen LogP contribution in [0, 0.1) is 17.7 Å². The average molecular weight is 399 g/mol. The lowest BCUT2D eigenvalue weighted by Gasteiger charge is -2.34. The topological polar surface area (TPSA) is 83.9 Å². The standard InChI is InChI=1S/C19H26FNO5S/c1-27(24,25)26-17-10-15(18(11-17)19(22)23)12-21-8-6-14(7-9-21)13-2-4-16(20)5-3-13/h2-5,14-15,17-18H,6-12H2,1H3,(H,22,23)/t15-,17-,18+/m0/s1. The molecule has 1 saturated carbocycles. The van der Waals surface area contributed by atoms with Gasteiger partial charge in [-0.05, 0) is 68.3 Å². The van der Waals surface area contributed by atoms with Crippen molar-refractivity contribution < 1.29 is 26.9 Å². The number of likely N-dealkylation sites (tertiary alicyclic amines) is 1. The normalized spacial score (nSPS) is 27.7. The maximum absolute atomic E-state index is 13.1. The van der Waals surface area contributed by atoms with E-state index in [0.717, 1.165) is 37.8 Å². The molecule has 0 radical (unpaired) electrons. The van der Waals surface area contributed by atoms with Crippen molar-refractivity contribution in [3.63, 3.8) is 0 Å². The zero-order chi connectivity index (χ0) is 19.6. The zero-order valence-corrected chi connectivity index (χ0v) is 16.2. The third-order valence-electron chi connectivity index (χ3n) is 5.70. The van der Waals surface area contributed by atoms with Gasteiger partial charge in [-0.3, -0.25) is 8.98 Å². The van der Waals surface area contributed by atoms with Gasteiger partial charge >= 0.3 is 5.97 Å². The van der Waals surface area contributed by atoms with Gasteiger partial charge in [-0.2, -0.15) is 8.42 Å². The Morgan fingerprint density at radius 3 is 2.41 bits per heavy atom.